The summed E-state index contributed by atoms with van der Waals surface area (Å²) in [7, 11) is 0. The van der Waals surface area contributed by atoms with Gasteiger partial charge in [-0.05, 0) is 43.9 Å². The molecule has 0 spiro atoms. The first-order valence-electron chi connectivity index (χ1n) is 6.59. The van der Waals surface area contributed by atoms with Gasteiger partial charge in [0.2, 0.25) is 0 Å². The van der Waals surface area contributed by atoms with Crippen molar-refractivity contribution in [2.75, 3.05) is 0 Å². The minimum Gasteiger partial charge on any atom is -0.266 e. The van der Waals surface area contributed by atoms with Crippen molar-refractivity contribution in [2.45, 2.75) is 40.0 Å². The second-order valence-electron chi connectivity index (χ2n) is 4.67. The van der Waals surface area contributed by atoms with E-state index in [0.29, 0.717) is 0 Å². The SMILES string of the molecule is C=C(/C=C\N=C(C)CCCC)c1ccc(C)cc1. The highest BCUT2D eigenvalue weighted by Crippen LogP contribution is 2.14. The molecule has 0 atom stereocenters. The molecule has 0 aromatic heterocycles. The highest BCUT2D eigenvalue weighted by molar-refractivity contribution is 5.82. The van der Waals surface area contributed by atoms with E-state index >= 15 is 0 Å². The highest BCUT2D eigenvalue weighted by atomic mass is 14.7. The lowest BCUT2D eigenvalue weighted by Crippen LogP contribution is -1.89. The zero-order valence-electron chi connectivity index (χ0n) is 11.7. The normalized spacial score (nSPS) is 12.1. The van der Waals surface area contributed by atoms with Crippen LogP contribution in [0.2, 0.25) is 0 Å². The van der Waals surface area contributed by atoms with E-state index in [1.807, 2.05) is 12.3 Å². The summed E-state index contributed by atoms with van der Waals surface area (Å²) in [5, 5.41) is 0. The molecule has 0 heterocycles. The fourth-order valence-corrected chi connectivity index (χ4v) is 1.62. The standard InChI is InChI=1S/C17H23N/c1-5-6-7-16(4)18-13-12-15(3)17-10-8-14(2)9-11-17/h8-13H,3,5-7H2,1-2,4H3/b13-12-,18-16?. The molecule has 0 saturated heterocycles. The Morgan fingerprint density at radius 3 is 2.56 bits per heavy atom. The van der Waals surface area contributed by atoms with Crippen molar-refractivity contribution in [1.82, 2.24) is 0 Å². The lowest BCUT2D eigenvalue weighted by atomic mass is 10.1. The topological polar surface area (TPSA) is 12.4 Å². The minimum atomic E-state index is 1.00. The van der Waals surface area contributed by atoms with E-state index < -0.39 is 0 Å². The van der Waals surface area contributed by atoms with E-state index in [0.717, 1.165) is 17.6 Å². The van der Waals surface area contributed by atoms with Crippen molar-refractivity contribution >= 4 is 11.3 Å². The minimum absolute atomic E-state index is 1.00. The number of hydrogen-bond donors (Lipinski definition) is 0. The summed E-state index contributed by atoms with van der Waals surface area (Å²) in [5.41, 5.74) is 4.61. The van der Waals surface area contributed by atoms with Gasteiger partial charge in [-0.2, -0.15) is 0 Å². The molecule has 0 aliphatic heterocycles. The monoisotopic (exact) mass is 241 g/mol. The van der Waals surface area contributed by atoms with Gasteiger partial charge in [-0.15, -0.1) is 0 Å². The molecular formula is C17H23N. The van der Waals surface area contributed by atoms with Crippen LogP contribution < -0.4 is 0 Å². The number of aliphatic imine (C=N–C) groups is 1. The Morgan fingerprint density at radius 1 is 1.28 bits per heavy atom. The second kappa shape index (κ2) is 7.65. The molecule has 1 heteroatoms. The van der Waals surface area contributed by atoms with Crippen LogP contribution in [0, 0.1) is 6.92 Å². The Kier molecular flexibility index (Phi) is 6.13. The van der Waals surface area contributed by atoms with Gasteiger partial charge in [-0.1, -0.05) is 49.8 Å². The number of allylic oxidation sites excluding steroid dienone is 2. The first-order chi connectivity index (χ1) is 8.63. The third kappa shape index (κ3) is 5.13. The Morgan fingerprint density at radius 2 is 1.94 bits per heavy atom. The number of rotatable bonds is 6. The molecule has 0 aliphatic carbocycles. The van der Waals surface area contributed by atoms with E-state index in [2.05, 4.69) is 56.6 Å². The maximum absolute atomic E-state index is 4.42. The maximum atomic E-state index is 4.42. The van der Waals surface area contributed by atoms with Gasteiger partial charge in [0.1, 0.15) is 0 Å². The highest BCUT2D eigenvalue weighted by Gasteiger charge is 1.94. The summed E-state index contributed by atoms with van der Waals surface area (Å²) in [6.07, 6.45) is 7.33. The van der Waals surface area contributed by atoms with Crippen molar-refractivity contribution in [3.8, 4) is 0 Å². The Labute approximate surface area is 111 Å². The average Bonchev–Trinajstić information content (AvgIpc) is 2.37. The van der Waals surface area contributed by atoms with Gasteiger partial charge >= 0.3 is 0 Å². The van der Waals surface area contributed by atoms with Gasteiger partial charge in [0.25, 0.3) is 0 Å². The van der Waals surface area contributed by atoms with Crippen LogP contribution in [0.15, 0.2) is 48.1 Å². The first kappa shape index (κ1) is 14.4. The summed E-state index contributed by atoms with van der Waals surface area (Å²) in [6.45, 7) is 10.4. The molecule has 0 N–H and O–H groups in total. The Bertz CT molecular complexity index is 435. The largest absolute Gasteiger partial charge is 0.266 e. The molecule has 96 valence electrons. The van der Waals surface area contributed by atoms with E-state index in [4.69, 9.17) is 0 Å². The van der Waals surface area contributed by atoms with Gasteiger partial charge in [0.05, 0.1) is 0 Å². The molecule has 0 amide bonds. The summed E-state index contributed by atoms with van der Waals surface area (Å²) in [5.74, 6) is 0. The van der Waals surface area contributed by atoms with Gasteiger partial charge in [-0.3, -0.25) is 4.99 Å². The number of nitrogens with zero attached hydrogens (tertiary/aromatic N) is 1. The average molecular weight is 241 g/mol. The van der Waals surface area contributed by atoms with Crippen LogP contribution >= 0.6 is 0 Å². The molecule has 0 unspecified atom stereocenters. The zero-order valence-corrected chi connectivity index (χ0v) is 11.7. The van der Waals surface area contributed by atoms with Crippen molar-refractivity contribution in [2.24, 2.45) is 4.99 Å². The fourth-order valence-electron chi connectivity index (χ4n) is 1.62. The molecule has 0 aliphatic rings. The molecule has 1 rings (SSSR count). The molecular weight excluding hydrogens is 218 g/mol. The smallest absolute Gasteiger partial charge is 0.0273 e. The van der Waals surface area contributed by atoms with Crippen LogP contribution in [0.1, 0.15) is 44.2 Å². The Balaban J connectivity index is 2.56. The van der Waals surface area contributed by atoms with Crippen LogP contribution in [-0.4, -0.2) is 5.71 Å². The van der Waals surface area contributed by atoms with E-state index in [1.54, 1.807) is 0 Å². The number of aryl methyl sites for hydroxylation is 1. The third-order valence-corrected chi connectivity index (χ3v) is 2.89. The first-order valence-corrected chi connectivity index (χ1v) is 6.59. The summed E-state index contributed by atoms with van der Waals surface area (Å²) < 4.78 is 0. The van der Waals surface area contributed by atoms with Gasteiger partial charge < -0.3 is 0 Å². The van der Waals surface area contributed by atoms with Crippen LogP contribution in [0.5, 0.6) is 0 Å². The lowest BCUT2D eigenvalue weighted by molar-refractivity contribution is 0.833. The second-order valence-corrected chi connectivity index (χ2v) is 4.67. The van der Waals surface area contributed by atoms with E-state index in [-0.39, 0.29) is 0 Å². The quantitative estimate of drug-likeness (QED) is 0.481. The number of benzene rings is 1. The van der Waals surface area contributed by atoms with E-state index in [1.165, 1.54) is 24.1 Å². The van der Waals surface area contributed by atoms with Crippen LogP contribution in [0.4, 0.5) is 0 Å². The van der Waals surface area contributed by atoms with Crippen molar-refractivity contribution < 1.29 is 0 Å². The van der Waals surface area contributed by atoms with Gasteiger partial charge in [0, 0.05) is 11.9 Å². The fraction of sp³-hybridized carbons (Fsp3) is 0.353. The summed E-state index contributed by atoms with van der Waals surface area (Å²) in [6, 6.07) is 8.39. The van der Waals surface area contributed by atoms with Crippen molar-refractivity contribution in [1.29, 1.82) is 0 Å². The van der Waals surface area contributed by atoms with Crippen LogP contribution in [0.25, 0.3) is 5.57 Å². The van der Waals surface area contributed by atoms with Crippen molar-refractivity contribution in [3.05, 3.63) is 54.2 Å². The maximum Gasteiger partial charge on any atom is 0.0273 e. The third-order valence-electron chi connectivity index (χ3n) is 2.89. The van der Waals surface area contributed by atoms with Gasteiger partial charge in [-0.25, -0.2) is 0 Å². The molecule has 1 aromatic rings. The summed E-state index contributed by atoms with van der Waals surface area (Å²) >= 11 is 0. The molecule has 0 saturated carbocycles. The molecule has 18 heavy (non-hydrogen) atoms. The number of hydrogen-bond acceptors (Lipinski definition) is 1. The lowest BCUT2D eigenvalue weighted by Gasteiger charge is -2.00. The zero-order chi connectivity index (χ0) is 13.4. The van der Waals surface area contributed by atoms with E-state index in [9.17, 15) is 0 Å². The predicted octanol–water partition coefficient (Wildman–Crippen LogP) is 5.17. The molecule has 1 nitrogen and oxygen atoms in total. The molecule has 0 fully saturated rings. The van der Waals surface area contributed by atoms with Crippen molar-refractivity contribution in [3.63, 3.8) is 0 Å². The van der Waals surface area contributed by atoms with Crippen LogP contribution in [-0.2, 0) is 0 Å². The number of unbranched alkanes of at least 4 members (excludes halogenated alkanes) is 1. The summed E-state index contributed by atoms with van der Waals surface area (Å²) in [4.78, 5) is 4.42. The Hall–Kier alpha value is -1.63. The molecule has 0 bridgehead atoms. The van der Waals surface area contributed by atoms with Gasteiger partial charge in [0.15, 0.2) is 0 Å². The molecule has 0 radical (unpaired) electrons. The molecule has 1 aromatic carbocycles. The van der Waals surface area contributed by atoms with Crippen LogP contribution in [0.3, 0.4) is 0 Å². The predicted molar refractivity (Wildman–Crippen MR) is 82.0 cm³/mol.